The molecule has 0 aliphatic carbocycles. The van der Waals surface area contributed by atoms with E-state index in [-0.39, 0.29) is 29.4 Å². The van der Waals surface area contributed by atoms with E-state index >= 15 is 0 Å². The smallest absolute Gasteiger partial charge is 0.152 e. The zero-order valence-corrected chi connectivity index (χ0v) is 13.4. The highest BCUT2D eigenvalue weighted by Gasteiger charge is 2.31. The number of halogens is 1. The van der Waals surface area contributed by atoms with Crippen molar-refractivity contribution < 1.29 is 12.8 Å². The second kappa shape index (κ2) is 6.32. The third-order valence-corrected chi connectivity index (χ3v) is 5.97. The van der Waals surface area contributed by atoms with Crippen molar-refractivity contribution in [2.75, 3.05) is 23.5 Å². The average molecular weight is 314 g/mol. The molecular weight excluding hydrogens is 291 g/mol. The van der Waals surface area contributed by atoms with Gasteiger partial charge in [0.05, 0.1) is 11.5 Å². The van der Waals surface area contributed by atoms with Gasteiger partial charge in [0.1, 0.15) is 5.82 Å². The van der Waals surface area contributed by atoms with Crippen LogP contribution >= 0.6 is 0 Å². The molecule has 2 atom stereocenters. The number of nitrogens with two attached hydrogens (primary N) is 1. The molecule has 0 spiro atoms. The molecule has 4 nitrogen and oxygen atoms in total. The lowest BCUT2D eigenvalue weighted by Crippen LogP contribution is -2.34. The van der Waals surface area contributed by atoms with Gasteiger partial charge in [-0.15, -0.1) is 0 Å². The van der Waals surface area contributed by atoms with Crippen molar-refractivity contribution in [3.8, 4) is 0 Å². The van der Waals surface area contributed by atoms with Crippen molar-refractivity contribution in [2.45, 2.75) is 38.3 Å². The van der Waals surface area contributed by atoms with Crippen LogP contribution in [0.15, 0.2) is 18.2 Å². The van der Waals surface area contributed by atoms with Crippen LogP contribution in [0.3, 0.4) is 0 Å². The summed E-state index contributed by atoms with van der Waals surface area (Å²) in [5.74, 6) is 0.0737. The summed E-state index contributed by atoms with van der Waals surface area (Å²) in [6, 6.07) is 4.74. The second-order valence-corrected chi connectivity index (χ2v) is 8.01. The second-order valence-electron chi connectivity index (χ2n) is 5.78. The molecule has 1 aromatic carbocycles. The summed E-state index contributed by atoms with van der Waals surface area (Å²) in [5.41, 5.74) is 7.29. The van der Waals surface area contributed by atoms with Crippen LogP contribution in [0.5, 0.6) is 0 Å². The first-order chi connectivity index (χ1) is 9.84. The summed E-state index contributed by atoms with van der Waals surface area (Å²) in [4.78, 5) is 1.89. The van der Waals surface area contributed by atoms with Crippen LogP contribution in [0, 0.1) is 5.82 Å². The molecule has 21 heavy (non-hydrogen) atoms. The molecule has 0 radical (unpaired) electrons. The Labute approximate surface area is 126 Å². The molecule has 2 unspecified atom stereocenters. The minimum atomic E-state index is -2.96. The van der Waals surface area contributed by atoms with Crippen LogP contribution in [0.1, 0.15) is 25.3 Å². The molecule has 6 heteroatoms. The van der Waals surface area contributed by atoms with E-state index < -0.39 is 9.84 Å². The topological polar surface area (TPSA) is 63.4 Å². The number of rotatable bonds is 5. The van der Waals surface area contributed by atoms with Crippen molar-refractivity contribution >= 4 is 15.5 Å². The van der Waals surface area contributed by atoms with Gasteiger partial charge in [0.25, 0.3) is 0 Å². The third-order valence-electron chi connectivity index (χ3n) is 4.22. The van der Waals surface area contributed by atoms with E-state index in [1.54, 1.807) is 6.07 Å². The maximum absolute atomic E-state index is 14.1. The normalized spacial score (nSPS) is 22.2. The summed E-state index contributed by atoms with van der Waals surface area (Å²) in [7, 11) is -1.12. The van der Waals surface area contributed by atoms with Gasteiger partial charge in [-0.25, -0.2) is 12.8 Å². The van der Waals surface area contributed by atoms with E-state index in [1.807, 2.05) is 24.9 Å². The molecule has 1 aliphatic rings. The molecule has 1 aromatic rings. The number of nitrogens with zero attached hydrogens (tertiary/aromatic N) is 1. The Hall–Kier alpha value is -1.14. The maximum Gasteiger partial charge on any atom is 0.152 e. The highest BCUT2D eigenvalue weighted by Crippen LogP contribution is 2.28. The Balaban J connectivity index is 2.28. The number of hydrogen-bond acceptors (Lipinski definition) is 4. The van der Waals surface area contributed by atoms with Crippen molar-refractivity contribution in [1.82, 2.24) is 0 Å². The molecule has 2 N–H and O–H groups in total. The Kier molecular flexibility index (Phi) is 4.88. The molecule has 1 fully saturated rings. The van der Waals surface area contributed by atoms with Crippen LogP contribution in [0.4, 0.5) is 10.1 Å². The van der Waals surface area contributed by atoms with E-state index in [9.17, 15) is 12.8 Å². The number of benzene rings is 1. The molecule has 1 heterocycles. The first kappa shape index (κ1) is 16.2. The molecule has 1 aliphatic heterocycles. The SMILES string of the molecule is CCC(N)Cc1c(F)cccc1N(C)C1CCS(=O)(=O)C1. The Morgan fingerprint density at radius 1 is 1.48 bits per heavy atom. The van der Waals surface area contributed by atoms with Crippen molar-refractivity contribution in [1.29, 1.82) is 0 Å². The number of sulfone groups is 1. The van der Waals surface area contributed by atoms with Gasteiger partial charge >= 0.3 is 0 Å². The van der Waals surface area contributed by atoms with Crippen LogP contribution in [0.2, 0.25) is 0 Å². The van der Waals surface area contributed by atoms with Gasteiger partial charge in [-0.2, -0.15) is 0 Å². The van der Waals surface area contributed by atoms with Gasteiger partial charge in [-0.1, -0.05) is 13.0 Å². The van der Waals surface area contributed by atoms with Crippen LogP contribution in [-0.2, 0) is 16.3 Å². The van der Waals surface area contributed by atoms with Crippen LogP contribution < -0.4 is 10.6 Å². The first-order valence-corrected chi connectivity index (χ1v) is 9.12. The van der Waals surface area contributed by atoms with E-state index in [2.05, 4.69) is 0 Å². The van der Waals surface area contributed by atoms with Gasteiger partial charge < -0.3 is 10.6 Å². The fraction of sp³-hybridized carbons (Fsp3) is 0.600. The Morgan fingerprint density at radius 3 is 2.76 bits per heavy atom. The Morgan fingerprint density at radius 2 is 2.19 bits per heavy atom. The number of hydrogen-bond donors (Lipinski definition) is 1. The monoisotopic (exact) mass is 314 g/mol. The van der Waals surface area contributed by atoms with E-state index in [1.165, 1.54) is 6.07 Å². The van der Waals surface area contributed by atoms with E-state index in [0.29, 0.717) is 18.4 Å². The van der Waals surface area contributed by atoms with Crippen molar-refractivity contribution in [3.05, 3.63) is 29.6 Å². The summed E-state index contributed by atoms with van der Waals surface area (Å²) in [6.07, 6.45) is 1.83. The predicted octanol–water partition coefficient (Wildman–Crippen LogP) is 1.73. The van der Waals surface area contributed by atoms with Gasteiger partial charge in [0.15, 0.2) is 9.84 Å². The summed E-state index contributed by atoms with van der Waals surface area (Å²) < 4.78 is 37.4. The van der Waals surface area contributed by atoms with Crippen LogP contribution in [0.25, 0.3) is 0 Å². The lowest BCUT2D eigenvalue weighted by atomic mass is 10.0. The molecule has 0 bridgehead atoms. The van der Waals surface area contributed by atoms with Crippen molar-refractivity contribution in [3.63, 3.8) is 0 Å². The van der Waals surface area contributed by atoms with Crippen LogP contribution in [-0.4, -0.2) is 39.1 Å². The van der Waals surface area contributed by atoms with Gasteiger partial charge in [0, 0.05) is 30.4 Å². The third kappa shape index (κ3) is 3.74. The molecule has 0 amide bonds. The lowest BCUT2D eigenvalue weighted by Gasteiger charge is -2.28. The van der Waals surface area contributed by atoms with Gasteiger partial charge in [-0.05, 0) is 31.4 Å². The zero-order chi connectivity index (χ0) is 15.6. The fourth-order valence-corrected chi connectivity index (χ4v) is 4.54. The molecule has 118 valence electrons. The number of anilines is 1. The minimum Gasteiger partial charge on any atom is -0.370 e. The first-order valence-electron chi connectivity index (χ1n) is 7.30. The lowest BCUT2D eigenvalue weighted by molar-refractivity contribution is 0.574. The molecule has 1 saturated heterocycles. The van der Waals surface area contributed by atoms with E-state index in [4.69, 9.17) is 5.73 Å². The summed E-state index contributed by atoms with van der Waals surface area (Å²) >= 11 is 0. The van der Waals surface area contributed by atoms with E-state index in [0.717, 1.165) is 12.1 Å². The van der Waals surface area contributed by atoms with Crippen molar-refractivity contribution in [2.24, 2.45) is 5.73 Å². The maximum atomic E-state index is 14.1. The highest BCUT2D eigenvalue weighted by molar-refractivity contribution is 7.91. The van der Waals surface area contributed by atoms with Gasteiger partial charge in [-0.3, -0.25) is 0 Å². The standard InChI is InChI=1S/C15H23FN2O2S/c1-3-11(17)9-13-14(16)5-4-6-15(13)18(2)12-7-8-21(19,20)10-12/h4-6,11-12H,3,7-10,17H2,1-2H3. The largest absolute Gasteiger partial charge is 0.370 e. The quantitative estimate of drug-likeness (QED) is 0.899. The summed E-state index contributed by atoms with van der Waals surface area (Å²) in [5, 5.41) is 0. The predicted molar refractivity (Wildman–Crippen MR) is 83.8 cm³/mol. The highest BCUT2D eigenvalue weighted by atomic mass is 32.2. The zero-order valence-electron chi connectivity index (χ0n) is 12.5. The molecule has 0 aromatic heterocycles. The minimum absolute atomic E-state index is 0.0894. The van der Waals surface area contributed by atoms with Gasteiger partial charge in [0.2, 0.25) is 0 Å². The summed E-state index contributed by atoms with van der Waals surface area (Å²) in [6.45, 7) is 1.97. The molecule has 2 rings (SSSR count). The fourth-order valence-electron chi connectivity index (χ4n) is 2.76. The average Bonchev–Trinajstić information content (AvgIpc) is 2.80. The molecular formula is C15H23FN2O2S. The Bertz CT molecular complexity index is 604. The molecule has 0 saturated carbocycles.